The van der Waals surface area contributed by atoms with E-state index < -0.39 is 6.55 Å². The van der Waals surface area contributed by atoms with Crippen molar-refractivity contribution < 1.29 is 8.78 Å². The van der Waals surface area contributed by atoms with Crippen LogP contribution in [0.3, 0.4) is 0 Å². The zero-order chi connectivity index (χ0) is 13.0. The van der Waals surface area contributed by atoms with E-state index in [4.69, 9.17) is 5.73 Å². The van der Waals surface area contributed by atoms with Crippen molar-refractivity contribution in [3.05, 3.63) is 30.1 Å². The van der Waals surface area contributed by atoms with Gasteiger partial charge in [0.15, 0.2) is 0 Å². The normalized spacial score (nSPS) is 11.3. The summed E-state index contributed by atoms with van der Waals surface area (Å²) in [4.78, 5) is 3.88. The van der Waals surface area contributed by atoms with E-state index in [1.165, 1.54) is 17.1 Å². The summed E-state index contributed by atoms with van der Waals surface area (Å²) in [7, 11) is 0. The zero-order valence-corrected chi connectivity index (χ0v) is 9.71. The Bertz CT molecular complexity index is 492. The molecule has 0 spiro atoms. The van der Waals surface area contributed by atoms with Gasteiger partial charge in [0.05, 0.1) is 5.69 Å². The number of nitrogens with zero attached hydrogens (tertiary/aromatic N) is 5. The first kappa shape index (κ1) is 12.6. The molecule has 0 atom stereocenters. The molecular weight excluding hydrogens is 242 g/mol. The molecule has 8 heteroatoms. The molecule has 0 amide bonds. The van der Waals surface area contributed by atoms with Crippen LogP contribution in [0.25, 0.3) is 0 Å². The lowest BCUT2D eigenvalue weighted by molar-refractivity contribution is 0.0665. The second kappa shape index (κ2) is 5.67. The van der Waals surface area contributed by atoms with E-state index in [2.05, 4.69) is 15.3 Å². The van der Waals surface area contributed by atoms with Gasteiger partial charge in [-0.3, -0.25) is 4.57 Å². The van der Waals surface area contributed by atoms with E-state index in [1.807, 2.05) is 0 Å². The summed E-state index contributed by atoms with van der Waals surface area (Å²) in [6, 6.07) is 0. The average molecular weight is 256 g/mol. The second-order valence-electron chi connectivity index (χ2n) is 3.83. The summed E-state index contributed by atoms with van der Waals surface area (Å²) in [5, 5.41) is 7.81. The van der Waals surface area contributed by atoms with Crippen LogP contribution in [-0.4, -0.2) is 31.1 Å². The van der Waals surface area contributed by atoms with E-state index in [1.54, 1.807) is 6.20 Å². The van der Waals surface area contributed by atoms with E-state index >= 15 is 0 Å². The number of halogens is 2. The second-order valence-corrected chi connectivity index (χ2v) is 3.83. The number of hydrogen-bond donors (Lipinski definition) is 1. The molecule has 0 aliphatic heterocycles. The fraction of sp³-hybridized carbons (Fsp3) is 0.500. The summed E-state index contributed by atoms with van der Waals surface area (Å²) >= 11 is 0. The number of aromatic nitrogens is 5. The van der Waals surface area contributed by atoms with Crippen molar-refractivity contribution in [3.63, 3.8) is 0 Å². The first-order valence-corrected chi connectivity index (χ1v) is 5.59. The van der Waals surface area contributed by atoms with Crippen LogP contribution in [0.2, 0.25) is 0 Å². The highest BCUT2D eigenvalue weighted by Gasteiger charge is 2.12. The number of alkyl halides is 2. The quantitative estimate of drug-likeness (QED) is 0.830. The Hall–Kier alpha value is -1.83. The van der Waals surface area contributed by atoms with Gasteiger partial charge in [0.2, 0.25) is 0 Å². The lowest BCUT2D eigenvalue weighted by atomic mass is 10.2. The highest BCUT2D eigenvalue weighted by atomic mass is 19.3. The van der Waals surface area contributed by atoms with Crippen LogP contribution in [0.4, 0.5) is 8.78 Å². The van der Waals surface area contributed by atoms with Crippen molar-refractivity contribution in [2.45, 2.75) is 25.9 Å². The van der Waals surface area contributed by atoms with Crippen LogP contribution in [0.1, 0.15) is 24.5 Å². The summed E-state index contributed by atoms with van der Waals surface area (Å²) in [5.41, 5.74) is 6.20. The first-order chi connectivity index (χ1) is 8.70. The Kier molecular flexibility index (Phi) is 3.98. The van der Waals surface area contributed by atoms with Crippen LogP contribution in [0.5, 0.6) is 0 Å². The third-order valence-electron chi connectivity index (χ3n) is 2.49. The lowest BCUT2D eigenvalue weighted by Gasteiger charge is -2.05. The molecule has 0 unspecified atom stereocenters. The molecule has 0 saturated heterocycles. The largest absolute Gasteiger partial charge is 0.330 e. The number of nitrogens with two attached hydrogens (primary N) is 1. The Morgan fingerprint density at radius 2 is 2.22 bits per heavy atom. The molecule has 0 aliphatic rings. The van der Waals surface area contributed by atoms with Gasteiger partial charge in [0.25, 0.3) is 0 Å². The fourth-order valence-electron chi connectivity index (χ4n) is 1.60. The predicted octanol–water partition coefficient (Wildman–Crippen LogP) is 0.809. The highest BCUT2D eigenvalue weighted by Crippen LogP contribution is 2.13. The van der Waals surface area contributed by atoms with Gasteiger partial charge in [-0.05, 0) is 19.4 Å². The smallest absolute Gasteiger partial charge is 0.319 e. The van der Waals surface area contributed by atoms with Crippen LogP contribution in [0, 0.1) is 0 Å². The Morgan fingerprint density at radius 1 is 1.39 bits per heavy atom. The molecule has 0 fully saturated rings. The number of imidazole rings is 1. The molecule has 0 aromatic carbocycles. The van der Waals surface area contributed by atoms with Gasteiger partial charge in [-0.15, -0.1) is 5.10 Å². The van der Waals surface area contributed by atoms with Gasteiger partial charge in [0, 0.05) is 18.6 Å². The molecule has 0 bridgehead atoms. The fourth-order valence-corrected chi connectivity index (χ4v) is 1.60. The van der Waals surface area contributed by atoms with E-state index in [-0.39, 0.29) is 12.4 Å². The molecule has 18 heavy (non-hydrogen) atoms. The molecule has 2 aromatic heterocycles. The molecule has 2 aromatic rings. The van der Waals surface area contributed by atoms with Gasteiger partial charge in [-0.25, -0.2) is 9.67 Å². The van der Waals surface area contributed by atoms with Gasteiger partial charge < -0.3 is 5.73 Å². The third kappa shape index (κ3) is 2.89. The SMILES string of the molecule is NCCCc1cn(Cc2nccn2C(F)F)nn1. The number of hydrogen-bond acceptors (Lipinski definition) is 4. The molecular formula is C10H14F2N6. The maximum atomic E-state index is 12.6. The van der Waals surface area contributed by atoms with Crippen LogP contribution < -0.4 is 5.73 Å². The Morgan fingerprint density at radius 3 is 2.94 bits per heavy atom. The molecule has 2 N–H and O–H groups in total. The molecule has 2 rings (SSSR count). The van der Waals surface area contributed by atoms with Crippen molar-refractivity contribution >= 4 is 0 Å². The third-order valence-corrected chi connectivity index (χ3v) is 2.49. The minimum absolute atomic E-state index is 0.174. The summed E-state index contributed by atoms with van der Waals surface area (Å²) in [6.45, 7) is -1.84. The molecule has 0 saturated carbocycles. The summed E-state index contributed by atoms with van der Waals surface area (Å²) < 4.78 is 27.5. The Balaban J connectivity index is 2.04. The van der Waals surface area contributed by atoms with Crippen molar-refractivity contribution in [2.75, 3.05) is 6.54 Å². The minimum Gasteiger partial charge on any atom is -0.330 e. The molecule has 2 heterocycles. The Labute approximate surface area is 102 Å². The number of rotatable bonds is 6. The molecule has 6 nitrogen and oxygen atoms in total. The van der Waals surface area contributed by atoms with Crippen LogP contribution in [0.15, 0.2) is 18.6 Å². The first-order valence-electron chi connectivity index (χ1n) is 5.59. The zero-order valence-electron chi connectivity index (χ0n) is 9.71. The maximum Gasteiger partial charge on any atom is 0.319 e. The number of aryl methyl sites for hydroxylation is 1. The highest BCUT2D eigenvalue weighted by molar-refractivity contribution is 4.97. The van der Waals surface area contributed by atoms with Crippen LogP contribution >= 0.6 is 0 Å². The van der Waals surface area contributed by atoms with Crippen LogP contribution in [-0.2, 0) is 13.0 Å². The van der Waals surface area contributed by atoms with Gasteiger partial charge in [0.1, 0.15) is 12.4 Å². The van der Waals surface area contributed by atoms with Crippen molar-refractivity contribution in [2.24, 2.45) is 5.73 Å². The molecule has 0 aliphatic carbocycles. The molecule has 0 radical (unpaired) electrons. The lowest BCUT2D eigenvalue weighted by Crippen LogP contribution is -2.09. The van der Waals surface area contributed by atoms with Gasteiger partial charge in [-0.1, -0.05) is 5.21 Å². The topological polar surface area (TPSA) is 74.6 Å². The van der Waals surface area contributed by atoms with Crippen molar-refractivity contribution in [1.29, 1.82) is 0 Å². The minimum atomic E-state index is -2.59. The predicted molar refractivity (Wildman–Crippen MR) is 60.0 cm³/mol. The summed E-state index contributed by atoms with van der Waals surface area (Å²) in [6.07, 6.45) is 5.87. The van der Waals surface area contributed by atoms with Gasteiger partial charge in [-0.2, -0.15) is 8.78 Å². The summed E-state index contributed by atoms with van der Waals surface area (Å²) in [5.74, 6) is 0.250. The van der Waals surface area contributed by atoms with Crippen molar-refractivity contribution in [3.8, 4) is 0 Å². The van der Waals surface area contributed by atoms with E-state index in [0.717, 1.165) is 23.1 Å². The van der Waals surface area contributed by atoms with E-state index in [9.17, 15) is 8.78 Å². The average Bonchev–Trinajstić information content (AvgIpc) is 2.96. The van der Waals surface area contributed by atoms with Gasteiger partial charge >= 0.3 is 6.55 Å². The maximum absolute atomic E-state index is 12.6. The standard InChI is InChI=1S/C10H14F2N6/c11-10(12)18-5-4-14-9(18)7-17-6-8(15-16-17)2-1-3-13/h4-6,10H,1-3,7,13H2. The van der Waals surface area contributed by atoms with Crippen molar-refractivity contribution in [1.82, 2.24) is 24.5 Å². The van der Waals surface area contributed by atoms with E-state index in [0.29, 0.717) is 6.54 Å². The monoisotopic (exact) mass is 256 g/mol. The molecule has 98 valence electrons.